The van der Waals surface area contributed by atoms with Crippen LogP contribution in [0.5, 0.6) is 0 Å². The highest BCUT2D eigenvalue weighted by Crippen LogP contribution is 2.43. The first-order valence-corrected chi connectivity index (χ1v) is 14.7. The van der Waals surface area contributed by atoms with Gasteiger partial charge in [-0.25, -0.2) is 14.7 Å². The lowest BCUT2D eigenvalue weighted by molar-refractivity contribution is -0.526. The van der Waals surface area contributed by atoms with E-state index in [1.54, 1.807) is 0 Å². The van der Waals surface area contributed by atoms with E-state index in [-0.39, 0.29) is 34.5 Å². The number of nitrogens with zero attached hydrogens (tertiary/aromatic N) is 4. The molecule has 0 heterocycles. The molecule has 7 heteroatoms. The summed E-state index contributed by atoms with van der Waals surface area (Å²) in [6.07, 6.45) is 7.84. The molecule has 0 fully saturated rings. The SMILES string of the molecule is [C-]#[N+]/C(C#N)=C1\CC(OCC[N+](CC)=C2C=CC(=C3C(=O)C(c4ccc(N(CC)CC)cc4)=C3[O-])C=C2)c2ccccc21. The first kappa shape index (κ1) is 29.5. The lowest BCUT2D eigenvalue weighted by Crippen LogP contribution is -2.30. The third-order valence-corrected chi connectivity index (χ3v) is 8.30. The molecule has 0 spiro atoms. The van der Waals surface area contributed by atoms with Crippen LogP contribution >= 0.6 is 0 Å². The third-order valence-electron chi connectivity index (χ3n) is 8.30. The summed E-state index contributed by atoms with van der Waals surface area (Å²) in [4.78, 5) is 18.7. The number of likely N-dealkylation sites (N-methyl/N-ethyl adjacent to an activating group) is 1. The number of benzene rings is 2. The first-order chi connectivity index (χ1) is 20.9. The van der Waals surface area contributed by atoms with Crippen molar-refractivity contribution >= 4 is 28.3 Å². The second kappa shape index (κ2) is 12.9. The van der Waals surface area contributed by atoms with Crippen molar-refractivity contribution < 1.29 is 19.2 Å². The number of nitriles is 1. The fourth-order valence-corrected chi connectivity index (χ4v) is 5.95. The molecular formula is C36H34N4O3. The highest BCUT2D eigenvalue weighted by molar-refractivity contribution is 6.39. The van der Waals surface area contributed by atoms with Crippen LogP contribution in [0.4, 0.5) is 5.69 Å². The van der Waals surface area contributed by atoms with E-state index in [0.29, 0.717) is 30.7 Å². The molecule has 3 aliphatic rings. The molecule has 0 saturated heterocycles. The second-order valence-corrected chi connectivity index (χ2v) is 10.5. The van der Waals surface area contributed by atoms with Crippen molar-refractivity contribution in [2.75, 3.05) is 37.7 Å². The van der Waals surface area contributed by atoms with Crippen LogP contribution in [0.25, 0.3) is 16.0 Å². The molecule has 3 aliphatic carbocycles. The van der Waals surface area contributed by atoms with Gasteiger partial charge in [-0.15, -0.1) is 0 Å². The second-order valence-electron chi connectivity index (χ2n) is 10.5. The van der Waals surface area contributed by atoms with E-state index in [9.17, 15) is 15.2 Å². The summed E-state index contributed by atoms with van der Waals surface area (Å²) >= 11 is 0. The van der Waals surface area contributed by atoms with Crippen LogP contribution < -0.4 is 10.0 Å². The van der Waals surface area contributed by atoms with Gasteiger partial charge in [0, 0.05) is 42.1 Å². The van der Waals surface area contributed by atoms with Crippen molar-refractivity contribution in [3.63, 3.8) is 0 Å². The Morgan fingerprint density at radius 1 is 1.07 bits per heavy atom. The van der Waals surface area contributed by atoms with Crippen molar-refractivity contribution in [3.05, 3.63) is 124 Å². The van der Waals surface area contributed by atoms with Gasteiger partial charge < -0.3 is 14.7 Å². The molecule has 216 valence electrons. The fraction of sp³-hybridized carbons (Fsp3) is 0.278. The van der Waals surface area contributed by atoms with Crippen molar-refractivity contribution in [1.82, 2.24) is 0 Å². The van der Waals surface area contributed by atoms with Gasteiger partial charge in [-0.05, 0) is 79.3 Å². The number of ether oxygens (including phenoxy) is 1. The quantitative estimate of drug-likeness (QED) is 0.175. The molecule has 43 heavy (non-hydrogen) atoms. The minimum Gasteiger partial charge on any atom is -0.871 e. The Morgan fingerprint density at radius 2 is 1.77 bits per heavy atom. The molecule has 0 bridgehead atoms. The monoisotopic (exact) mass is 570 g/mol. The topological polar surface area (TPSA) is 83.8 Å². The molecule has 0 N–H and O–H groups in total. The molecule has 5 rings (SSSR count). The number of ketones is 1. The van der Waals surface area contributed by atoms with E-state index < -0.39 is 0 Å². The number of fused-ring (bicyclic) bond motifs is 1. The Hall–Kier alpha value is -4.98. The number of carbonyl (C=O) groups is 1. The summed E-state index contributed by atoms with van der Waals surface area (Å²) in [5.41, 5.74) is 6.60. The van der Waals surface area contributed by atoms with Gasteiger partial charge >= 0.3 is 0 Å². The summed E-state index contributed by atoms with van der Waals surface area (Å²) < 4.78 is 8.44. The number of Topliss-reactive ketones (excluding diaryl/α,β-unsaturated/α-hetero) is 1. The number of allylic oxidation sites excluding steroid dienone is 8. The molecule has 2 aromatic carbocycles. The molecule has 0 aromatic heterocycles. The summed E-state index contributed by atoms with van der Waals surface area (Å²) in [6, 6.07) is 17.4. The van der Waals surface area contributed by atoms with E-state index >= 15 is 0 Å². The van der Waals surface area contributed by atoms with Crippen LogP contribution in [0.3, 0.4) is 0 Å². The van der Waals surface area contributed by atoms with Crippen LogP contribution in [-0.4, -0.2) is 48.9 Å². The maximum Gasteiger partial charge on any atom is 0.265 e. The van der Waals surface area contributed by atoms with E-state index in [0.717, 1.165) is 47.7 Å². The van der Waals surface area contributed by atoms with Crippen molar-refractivity contribution in [1.29, 1.82) is 5.26 Å². The number of hydrogen-bond donors (Lipinski definition) is 0. The van der Waals surface area contributed by atoms with E-state index in [2.05, 4.69) is 35.1 Å². The highest BCUT2D eigenvalue weighted by atomic mass is 16.5. The van der Waals surface area contributed by atoms with E-state index in [1.807, 2.05) is 78.9 Å². The molecule has 0 amide bonds. The largest absolute Gasteiger partial charge is 0.871 e. The Morgan fingerprint density at radius 3 is 2.37 bits per heavy atom. The van der Waals surface area contributed by atoms with Gasteiger partial charge in [0.15, 0.2) is 18.0 Å². The van der Waals surface area contributed by atoms with E-state index in [1.165, 1.54) is 0 Å². The Balaban J connectivity index is 1.27. The van der Waals surface area contributed by atoms with Crippen molar-refractivity contribution in [3.8, 4) is 6.07 Å². The Kier molecular flexibility index (Phi) is 8.85. The number of hydrogen-bond acceptors (Lipinski definition) is 5. The maximum atomic E-state index is 13.1. The number of anilines is 1. The van der Waals surface area contributed by atoms with Crippen LogP contribution in [-0.2, 0) is 9.53 Å². The van der Waals surface area contributed by atoms with Gasteiger partial charge in [0.05, 0.1) is 18.7 Å². The molecular weight excluding hydrogens is 536 g/mol. The van der Waals surface area contributed by atoms with Crippen LogP contribution in [0, 0.1) is 17.9 Å². The van der Waals surface area contributed by atoms with Crippen LogP contribution in [0.15, 0.2) is 95.4 Å². The van der Waals surface area contributed by atoms with Gasteiger partial charge in [-0.2, -0.15) is 0 Å². The minimum absolute atomic E-state index is 0.119. The molecule has 1 atom stereocenters. The first-order valence-electron chi connectivity index (χ1n) is 14.7. The molecule has 7 nitrogen and oxygen atoms in total. The molecule has 0 aliphatic heterocycles. The average molecular weight is 571 g/mol. The highest BCUT2D eigenvalue weighted by Gasteiger charge is 2.31. The van der Waals surface area contributed by atoms with Gasteiger partial charge in [0.2, 0.25) is 0 Å². The summed E-state index contributed by atoms with van der Waals surface area (Å²) in [5.74, 6) is -0.422. The maximum absolute atomic E-state index is 13.1. The fourth-order valence-electron chi connectivity index (χ4n) is 5.95. The summed E-state index contributed by atoms with van der Waals surface area (Å²) in [7, 11) is 0. The lowest BCUT2D eigenvalue weighted by atomic mass is 9.80. The number of rotatable bonds is 9. The predicted octanol–water partition coefficient (Wildman–Crippen LogP) is 5.40. The average Bonchev–Trinajstić information content (AvgIpc) is 3.40. The third kappa shape index (κ3) is 5.60. The summed E-state index contributed by atoms with van der Waals surface area (Å²) in [6.45, 7) is 17.3. The molecule has 0 saturated carbocycles. The lowest BCUT2D eigenvalue weighted by Gasteiger charge is -2.32. The van der Waals surface area contributed by atoms with Gasteiger partial charge in [-0.1, -0.05) is 42.2 Å². The zero-order valence-electron chi connectivity index (χ0n) is 24.8. The molecule has 0 radical (unpaired) electrons. The molecule has 1 unspecified atom stereocenters. The smallest absolute Gasteiger partial charge is 0.265 e. The Bertz CT molecular complexity index is 1680. The van der Waals surface area contributed by atoms with Gasteiger partial charge in [0.25, 0.3) is 5.70 Å². The normalized spacial score (nSPS) is 18.3. The zero-order chi connectivity index (χ0) is 30.5. The zero-order valence-corrected chi connectivity index (χ0v) is 24.8. The standard InChI is InChI=1S/C36H34N4O3/c1-5-39(6-2)26-16-12-24(13-17-26)33-35(41)34(36(33)42)25-14-18-27(19-15-25)40(7-3)20-21-43-32-22-30(31(23-37)38-4)28-10-8-9-11-29(28)32/h8-19,32H,5-7,20-22H2,1-3H3/b31-30+. The predicted molar refractivity (Wildman–Crippen MR) is 167 cm³/mol. The number of carbonyl (C=O) groups excluding carboxylic acids is 1. The summed E-state index contributed by atoms with van der Waals surface area (Å²) in [5, 5.41) is 22.5. The Labute approximate surface area is 253 Å². The van der Waals surface area contributed by atoms with Crippen LogP contribution in [0.2, 0.25) is 0 Å². The van der Waals surface area contributed by atoms with Crippen molar-refractivity contribution in [2.45, 2.75) is 33.3 Å². The van der Waals surface area contributed by atoms with Crippen LogP contribution in [0.1, 0.15) is 50.0 Å². The van der Waals surface area contributed by atoms with Crippen molar-refractivity contribution in [2.24, 2.45) is 0 Å². The van der Waals surface area contributed by atoms with Gasteiger partial charge in [-0.3, -0.25) is 4.79 Å². The molecule has 2 aromatic rings. The minimum atomic E-state index is -0.211. The van der Waals surface area contributed by atoms with Gasteiger partial charge in [0.1, 0.15) is 13.2 Å². The van der Waals surface area contributed by atoms with E-state index in [4.69, 9.17) is 11.3 Å².